The minimum atomic E-state index is -0.617. The van der Waals surface area contributed by atoms with E-state index < -0.39 is 17.7 Å². The fourth-order valence-electron chi connectivity index (χ4n) is 3.72. The van der Waals surface area contributed by atoms with Gasteiger partial charge in [0.25, 0.3) is 0 Å². The van der Waals surface area contributed by atoms with Crippen molar-refractivity contribution in [2.24, 2.45) is 4.99 Å². The van der Waals surface area contributed by atoms with Gasteiger partial charge in [0.2, 0.25) is 17.4 Å². The van der Waals surface area contributed by atoms with Crippen LogP contribution < -0.4 is 10.7 Å². The molecule has 166 valence electrons. The number of halogens is 2. The highest BCUT2D eigenvalue weighted by molar-refractivity contribution is 9.12. The number of hydrogen-bond acceptors (Lipinski definition) is 8. The van der Waals surface area contributed by atoms with E-state index in [1.54, 1.807) is 11.1 Å². The fourth-order valence-corrected chi connectivity index (χ4v) is 5.32. The molecule has 0 amide bonds. The topological polar surface area (TPSA) is 94.0 Å². The molecule has 0 saturated carbocycles. The minimum absolute atomic E-state index is 0.156. The van der Waals surface area contributed by atoms with Crippen molar-refractivity contribution in [3.63, 3.8) is 0 Å². The van der Waals surface area contributed by atoms with Gasteiger partial charge in [-0.25, -0.2) is 0 Å². The largest absolute Gasteiger partial charge is 0.492 e. The second-order valence-electron chi connectivity index (χ2n) is 7.37. The van der Waals surface area contributed by atoms with Crippen LogP contribution >= 0.6 is 39.3 Å². The monoisotopic (exact) mass is 542 g/mol. The van der Waals surface area contributed by atoms with Crippen LogP contribution in [0.4, 0.5) is 5.69 Å². The number of ketones is 2. The maximum absolute atomic E-state index is 12.2. The number of rotatable bonds is 3. The second kappa shape index (κ2) is 8.74. The highest BCUT2D eigenvalue weighted by atomic mass is 79.9. The first-order chi connectivity index (χ1) is 15.9. The summed E-state index contributed by atoms with van der Waals surface area (Å²) in [6, 6.07) is 15.0. The Morgan fingerprint density at radius 3 is 2.67 bits per heavy atom. The van der Waals surface area contributed by atoms with Gasteiger partial charge in [0, 0.05) is 27.6 Å². The smallest absolute Gasteiger partial charge is 0.240 e. The van der Waals surface area contributed by atoms with Gasteiger partial charge in [-0.3, -0.25) is 20.0 Å². The summed E-state index contributed by atoms with van der Waals surface area (Å²) in [4.78, 5) is 28.5. The predicted octanol–water partition coefficient (Wildman–Crippen LogP) is 4.74. The summed E-state index contributed by atoms with van der Waals surface area (Å²) < 4.78 is 0.180. The quantitative estimate of drug-likeness (QED) is 0.380. The molecule has 2 heterocycles. The van der Waals surface area contributed by atoms with Gasteiger partial charge in [-0.05, 0) is 45.8 Å². The number of aliphatic hydroxyl groups is 1. The fraction of sp³-hybridized carbons (Fsp3) is 0.0870. The Bertz CT molecular complexity index is 1320. The van der Waals surface area contributed by atoms with Crippen molar-refractivity contribution < 1.29 is 14.7 Å². The highest BCUT2D eigenvalue weighted by Gasteiger charge is 2.38. The van der Waals surface area contributed by atoms with Crippen molar-refractivity contribution in [2.45, 2.75) is 11.9 Å². The number of hydrazine groups is 1. The number of Topliss-reactive ketones (excluding diaryl/α,β-unsaturated/α-hetero) is 1. The molecule has 0 aromatic heterocycles. The molecule has 0 unspecified atom stereocenters. The lowest BCUT2D eigenvalue weighted by atomic mass is 9.98. The first kappa shape index (κ1) is 21.8. The first-order valence-electron chi connectivity index (χ1n) is 9.90. The number of amidine groups is 1. The molecule has 0 saturated heterocycles. The Hall–Kier alpha value is -3.01. The molecular weight excluding hydrogens is 528 g/mol. The van der Waals surface area contributed by atoms with Crippen molar-refractivity contribution in [2.75, 3.05) is 5.32 Å². The summed E-state index contributed by atoms with van der Waals surface area (Å²) in [7, 11) is 0. The maximum atomic E-state index is 12.2. The molecular formula is C23H16BrClN4O3S. The summed E-state index contributed by atoms with van der Waals surface area (Å²) in [5.74, 6) is -0.833. The van der Waals surface area contributed by atoms with Crippen LogP contribution in [0.25, 0.3) is 5.70 Å². The molecule has 2 aliphatic heterocycles. The van der Waals surface area contributed by atoms with E-state index in [0.717, 1.165) is 16.8 Å². The Balaban J connectivity index is 1.52. The number of nitrogens with zero attached hydrogens (tertiary/aromatic N) is 2. The average molecular weight is 544 g/mol. The van der Waals surface area contributed by atoms with Crippen LogP contribution in [0.3, 0.4) is 0 Å². The molecule has 2 aromatic rings. The lowest BCUT2D eigenvalue weighted by Crippen LogP contribution is -2.55. The summed E-state index contributed by atoms with van der Waals surface area (Å²) in [6.45, 7) is 0. The summed E-state index contributed by atoms with van der Waals surface area (Å²) >= 11 is 10.8. The van der Waals surface area contributed by atoms with E-state index >= 15 is 0 Å². The second-order valence-corrected chi connectivity index (χ2v) is 9.60. The van der Waals surface area contributed by atoms with Gasteiger partial charge >= 0.3 is 0 Å². The zero-order valence-electron chi connectivity index (χ0n) is 16.9. The summed E-state index contributed by atoms with van der Waals surface area (Å²) in [5, 5.41) is 17.1. The van der Waals surface area contributed by atoms with Crippen molar-refractivity contribution >= 4 is 67.4 Å². The molecule has 0 radical (unpaired) electrons. The molecule has 7 nitrogen and oxygen atoms in total. The van der Waals surface area contributed by atoms with Crippen LogP contribution in [0, 0.1) is 0 Å². The molecule has 1 atom stereocenters. The van der Waals surface area contributed by atoms with Gasteiger partial charge in [0.05, 0.1) is 4.48 Å². The molecule has 0 bridgehead atoms. The number of benzene rings is 2. The molecule has 2 aromatic carbocycles. The highest BCUT2D eigenvalue weighted by Crippen LogP contribution is 2.39. The Labute approximate surface area is 207 Å². The van der Waals surface area contributed by atoms with Crippen LogP contribution in [0.15, 0.2) is 81.6 Å². The first-order valence-corrected chi connectivity index (χ1v) is 12.1. The Morgan fingerprint density at radius 2 is 1.88 bits per heavy atom. The molecule has 1 aliphatic carbocycles. The molecule has 33 heavy (non-hydrogen) atoms. The van der Waals surface area contributed by atoms with E-state index in [4.69, 9.17) is 11.6 Å². The predicted molar refractivity (Wildman–Crippen MR) is 134 cm³/mol. The van der Waals surface area contributed by atoms with Crippen molar-refractivity contribution in [1.82, 2.24) is 10.4 Å². The van der Waals surface area contributed by atoms with E-state index in [1.165, 1.54) is 17.8 Å². The molecule has 3 N–H and O–H groups in total. The van der Waals surface area contributed by atoms with E-state index in [1.807, 2.05) is 48.5 Å². The summed E-state index contributed by atoms with van der Waals surface area (Å²) in [6.07, 6.45) is 2.32. The van der Waals surface area contributed by atoms with Crippen LogP contribution in [0.5, 0.6) is 0 Å². The molecule has 3 aliphatic rings. The molecule has 0 spiro atoms. The number of thioether (sulfide) groups is 1. The van der Waals surface area contributed by atoms with Crippen LogP contribution in [-0.4, -0.2) is 33.0 Å². The Kier molecular flexibility index (Phi) is 5.77. The normalized spacial score (nSPS) is 19.6. The van der Waals surface area contributed by atoms with Crippen molar-refractivity contribution in [3.8, 4) is 0 Å². The number of hydrogen-bond donors (Lipinski definition) is 3. The van der Waals surface area contributed by atoms with Crippen LogP contribution in [0.1, 0.15) is 11.1 Å². The third-order valence-corrected chi connectivity index (χ3v) is 7.15. The number of aliphatic hydroxyl groups excluding tert-OH is 1. The number of carbonyl (C=O) groups is 2. The van der Waals surface area contributed by atoms with Gasteiger partial charge in [-0.1, -0.05) is 59.8 Å². The number of aliphatic imine (C=N–C) groups is 1. The van der Waals surface area contributed by atoms with E-state index in [-0.39, 0.29) is 10.4 Å². The molecule has 0 fully saturated rings. The number of nitrogens with one attached hydrogen (secondary N) is 2. The lowest BCUT2D eigenvalue weighted by Gasteiger charge is -2.43. The zero-order chi connectivity index (χ0) is 23.1. The molecule has 10 heteroatoms. The summed E-state index contributed by atoms with van der Waals surface area (Å²) in [5.41, 5.74) is 6.71. The zero-order valence-corrected chi connectivity index (χ0v) is 20.0. The number of carbonyl (C=O) groups excluding carboxylic acids is 2. The van der Waals surface area contributed by atoms with Gasteiger partial charge in [-0.15, -0.1) is 0 Å². The van der Waals surface area contributed by atoms with Crippen molar-refractivity contribution in [1.29, 1.82) is 0 Å². The Morgan fingerprint density at radius 1 is 1.12 bits per heavy atom. The van der Waals surface area contributed by atoms with Gasteiger partial charge in [0.1, 0.15) is 11.9 Å². The van der Waals surface area contributed by atoms with E-state index in [2.05, 4.69) is 31.7 Å². The number of allylic oxidation sites excluding steroid dienone is 2. The van der Waals surface area contributed by atoms with E-state index in [9.17, 15) is 14.7 Å². The SMILES string of the molecule is O=C1C=C([C@@H]2Nc3ccccc3C3=C(O)N=C(SCc4ccccc4Cl)NN32)C=C(Br)C1=O. The number of anilines is 1. The van der Waals surface area contributed by atoms with Gasteiger partial charge in [-0.2, -0.15) is 4.99 Å². The standard InChI is InChI=1S/C23H16BrClN4O3S/c24-15-9-13(10-18(30)20(15)31)21-26-17-8-4-2-6-14(17)19-22(32)27-23(28-29(19)21)33-11-12-5-1-3-7-16(12)25/h1-10,21,26,32H,11H2,(H,27,28)/t21-/m1/s1. The number of fused-ring (bicyclic) bond motifs is 3. The maximum Gasteiger partial charge on any atom is 0.240 e. The molecule has 5 rings (SSSR count). The van der Waals surface area contributed by atoms with Crippen LogP contribution in [-0.2, 0) is 15.3 Å². The van der Waals surface area contributed by atoms with Gasteiger partial charge < -0.3 is 10.4 Å². The van der Waals surface area contributed by atoms with E-state index in [0.29, 0.717) is 27.2 Å². The van der Waals surface area contributed by atoms with Gasteiger partial charge in [0.15, 0.2) is 5.17 Å². The van der Waals surface area contributed by atoms with Crippen molar-refractivity contribution in [3.05, 3.63) is 92.8 Å². The van der Waals surface area contributed by atoms with Crippen LogP contribution in [0.2, 0.25) is 5.02 Å². The third kappa shape index (κ3) is 4.07. The number of para-hydroxylation sites is 1. The minimum Gasteiger partial charge on any atom is -0.492 e. The lowest BCUT2D eigenvalue weighted by molar-refractivity contribution is -0.131. The third-order valence-electron chi connectivity index (χ3n) is 5.28. The average Bonchev–Trinajstić information content (AvgIpc) is 2.81.